The van der Waals surface area contributed by atoms with Crippen molar-refractivity contribution in [1.82, 2.24) is 0 Å². The molecule has 0 nitrogen and oxygen atoms in total. The second-order valence-electron chi connectivity index (χ2n) is 6.86. The molecule has 0 saturated carbocycles. The highest BCUT2D eigenvalue weighted by atomic mass is 35.5. The van der Waals surface area contributed by atoms with Crippen LogP contribution in [0, 0.1) is 5.92 Å². The van der Waals surface area contributed by atoms with Crippen LogP contribution in [0.25, 0.3) is 0 Å². The van der Waals surface area contributed by atoms with Gasteiger partial charge in [-0.25, -0.2) is 0 Å². The van der Waals surface area contributed by atoms with E-state index in [1.54, 1.807) is 0 Å². The highest BCUT2D eigenvalue weighted by molar-refractivity contribution is 6.35. The summed E-state index contributed by atoms with van der Waals surface area (Å²) in [5.41, 5.74) is 1.27. The molecule has 0 radical (unpaired) electrons. The van der Waals surface area contributed by atoms with Gasteiger partial charge in [-0.2, -0.15) is 0 Å². The van der Waals surface area contributed by atoms with E-state index in [0.717, 1.165) is 22.4 Å². The summed E-state index contributed by atoms with van der Waals surface area (Å²) in [4.78, 5) is 0. The van der Waals surface area contributed by atoms with Crippen molar-refractivity contribution < 1.29 is 0 Å². The van der Waals surface area contributed by atoms with Crippen molar-refractivity contribution >= 4 is 23.2 Å². The first kappa shape index (κ1) is 20.8. The van der Waals surface area contributed by atoms with Gasteiger partial charge in [-0.15, -0.1) is 0 Å². The van der Waals surface area contributed by atoms with Crippen LogP contribution in [0.15, 0.2) is 18.2 Å². The first-order chi connectivity index (χ1) is 11.2. The Bertz CT molecular complexity index is 414. The third kappa shape index (κ3) is 9.62. The Morgan fingerprint density at radius 1 is 0.783 bits per heavy atom. The molecule has 0 amide bonds. The van der Waals surface area contributed by atoms with Gasteiger partial charge in [0.15, 0.2) is 0 Å². The minimum absolute atomic E-state index is 0.734. The number of halogens is 2. The zero-order chi connectivity index (χ0) is 16.9. The van der Waals surface area contributed by atoms with Crippen molar-refractivity contribution in [2.75, 3.05) is 0 Å². The van der Waals surface area contributed by atoms with Crippen molar-refractivity contribution in [2.24, 2.45) is 5.92 Å². The summed E-state index contributed by atoms with van der Waals surface area (Å²) >= 11 is 12.4. The lowest BCUT2D eigenvalue weighted by Gasteiger charge is -2.18. The molecular formula is C21H34Cl2. The Morgan fingerprint density at radius 2 is 1.35 bits per heavy atom. The summed E-state index contributed by atoms with van der Waals surface area (Å²) in [5.74, 6) is 0.771. The van der Waals surface area contributed by atoms with E-state index in [2.05, 4.69) is 19.9 Å². The van der Waals surface area contributed by atoms with Gasteiger partial charge in [0.2, 0.25) is 0 Å². The molecule has 0 bridgehead atoms. The van der Waals surface area contributed by atoms with Gasteiger partial charge < -0.3 is 0 Å². The molecule has 132 valence electrons. The zero-order valence-corrected chi connectivity index (χ0v) is 16.6. The van der Waals surface area contributed by atoms with Gasteiger partial charge in [-0.05, 0) is 30.0 Å². The Kier molecular flexibility index (Phi) is 11.9. The highest BCUT2D eigenvalue weighted by Crippen LogP contribution is 2.28. The predicted molar refractivity (Wildman–Crippen MR) is 106 cm³/mol. The molecule has 0 saturated heterocycles. The van der Waals surface area contributed by atoms with Crippen LogP contribution in [0.2, 0.25) is 10.0 Å². The van der Waals surface area contributed by atoms with Crippen molar-refractivity contribution in [3.05, 3.63) is 33.8 Å². The van der Waals surface area contributed by atoms with Crippen molar-refractivity contribution in [2.45, 2.75) is 90.9 Å². The van der Waals surface area contributed by atoms with Crippen molar-refractivity contribution in [3.8, 4) is 0 Å². The van der Waals surface area contributed by atoms with Crippen molar-refractivity contribution in [3.63, 3.8) is 0 Å². The van der Waals surface area contributed by atoms with E-state index in [-0.39, 0.29) is 0 Å². The summed E-state index contributed by atoms with van der Waals surface area (Å²) < 4.78 is 0. The van der Waals surface area contributed by atoms with E-state index in [9.17, 15) is 0 Å². The number of hydrogen-bond donors (Lipinski definition) is 0. The summed E-state index contributed by atoms with van der Waals surface area (Å²) in [6.45, 7) is 4.55. The quantitative estimate of drug-likeness (QED) is 0.310. The summed E-state index contributed by atoms with van der Waals surface area (Å²) in [6.07, 6.45) is 16.0. The molecule has 1 unspecified atom stereocenters. The summed E-state index contributed by atoms with van der Waals surface area (Å²) in [7, 11) is 0. The van der Waals surface area contributed by atoms with Gasteiger partial charge in [-0.1, -0.05) is 114 Å². The maximum absolute atomic E-state index is 6.38. The number of rotatable bonds is 13. The standard InChI is InChI=1S/C21H34Cl2/c1-3-5-7-9-11-13-18(12-10-8-6-4-2)16-19-14-15-20(22)17-21(19)23/h14-15,17-18H,3-13,16H2,1-2H3. The molecule has 0 spiro atoms. The normalized spacial score (nSPS) is 12.5. The average Bonchev–Trinajstić information content (AvgIpc) is 2.53. The van der Waals surface area contributed by atoms with Gasteiger partial charge in [0.1, 0.15) is 0 Å². The van der Waals surface area contributed by atoms with Gasteiger partial charge in [-0.3, -0.25) is 0 Å². The van der Waals surface area contributed by atoms with E-state index in [1.807, 2.05) is 12.1 Å². The molecule has 0 aliphatic heterocycles. The van der Waals surface area contributed by atoms with Gasteiger partial charge in [0.25, 0.3) is 0 Å². The van der Waals surface area contributed by atoms with E-state index >= 15 is 0 Å². The van der Waals surface area contributed by atoms with Crippen LogP contribution in [-0.2, 0) is 6.42 Å². The maximum atomic E-state index is 6.38. The lowest BCUT2D eigenvalue weighted by molar-refractivity contribution is 0.403. The Balaban J connectivity index is 2.48. The molecule has 1 aromatic carbocycles. The number of unbranched alkanes of at least 4 members (excludes halogenated alkanes) is 7. The predicted octanol–water partition coefficient (Wildman–Crippen LogP) is 8.48. The molecule has 0 heterocycles. The first-order valence-corrected chi connectivity index (χ1v) is 10.4. The molecule has 1 atom stereocenters. The van der Waals surface area contributed by atoms with Gasteiger partial charge in [0, 0.05) is 10.0 Å². The van der Waals surface area contributed by atoms with Crippen LogP contribution in [0.3, 0.4) is 0 Å². The van der Waals surface area contributed by atoms with E-state index in [4.69, 9.17) is 23.2 Å². The second kappa shape index (κ2) is 13.1. The summed E-state index contributed by atoms with van der Waals surface area (Å²) in [6, 6.07) is 5.97. The molecule has 1 aromatic rings. The molecule has 1 rings (SSSR count). The lowest BCUT2D eigenvalue weighted by atomic mass is 9.89. The van der Waals surface area contributed by atoms with Crippen LogP contribution in [0.5, 0.6) is 0 Å². The van der Waals surface area contributed by atoms with E-state index in [0.29, 0.717) is 0 Å². The number of benzene rings is 1. The largest absolute Gasteiger partial charge is 0.0843 e. The fourth-order valence-electron chi connectivity index (χ4n) is 3.24. The Hall–Kier alpha value is -0.200. The van der Waals surface area contributed by atoms with Crippen LogP contribution in [-0.4, -0.2) is 0 Å². The van der Waals surface area contributed by atoms with Gasteiger partial charge >= 0.3 is 0 Å². The zero-order valence-electron chi connectivity index (χ0n) is 15.1. The first-order valence-electron chi connectivity index (χ1n) is 9.61. The average molecular weight is 357 g/mol. The fourth-order valence-corrected chi connectivity index (χ4v) is 3.73. The molecule has 0 aliphatic rings. The topological polar surface area (TPSA) is 0 Å². The highest BCUT2D eigenvalue weighted by Gasteiger charge is 2.12. The summed E-state index contributed by atoms with van der Waals surface area (Å²) in [5, 5.41) is 1.57. The smallest absolute Gasteiger partial charge is 0.0452 e. The minimum Gasteiger partial charge on any atom is -0.0843 e. The Labute approximate surface area is 154 Å². The molecule has 0 aromatic heterocycles. The van der Waals surface area contributed by atoms with Crippen LogP contribution >= 0.6 is 23.2 Å². The van der Waals surface area contributed by atoms with Crippen molar-refractivity contribution in [1.29, 1.82) is 0 Å². The molecule has 23 heavy (non-hydrogen) atoms. The second-order valence-corrected chi connectivity index (χ2v) is 7.70. The minimum atomic E-state index is 0.734. The monoisotopic (exact) mass is 356 g/mol. The molecule has 2 heteroatoms. The van der Waals surface area contributed by atoms with Crippen LogP contribution in [0.4, 0.5) is 0 Å². The van der Waals surface area contributed by atoms with E-state index in [1.165, 1.54) is 76.2 Å². The molecular weight excluding hydrogens is 323 g/mol. The maximum Gasteiger partial charge on any atom is 0.0452 e. The fraction of sp³-hybridized carbons (Fsp3) is 0.714. The molecule has 0 aliphatic carbocycles. The van der Waals surface area contributed by atoms with Crippen LogP contribution in [0.1, 0.15) is 90.0 Å². The molecule has 0 N–H and O–H groups in total. The van der Waals surface area contributed by atoms with Crippen LogP contribution < -0.4 is 0 Å². The third-order valence-corrected chi connectivity index (χ3v) is 5.29. The lowest BCUT2D eigenvalue weighted by Crippen LogP contribution is -2.06. The van der Waals surface area contributed by atoms with Gasteiger partial charge in [0.05, 0.1) is 0 Å². The molecule has 0 fully saturated rings. The third-order valence-electron chi connectivity index (χ3n) is 4.71. The van der Waals surface area contributed by atoms with E-state index < -0.39 is 0 Å². The number of hydrogen-bond acceptors (Lipinski definition) is 0. The Morgan fingerprint density at radius 3 is 1.91 bits per heavy atom. The SMILES string of the molecule is CCCCCCCC(CCCCCC)Cc1ccc(Cl)cc1Cl.